The number of hydrogen-bond donors (Lipinski definition) is 0. The number of nitrogens with zero attached hydrogens (tertiary/aromatic N) is 1. The third-order valence-corrected chi connectivity index (χ3v) is 4.83. The molecule has 198 valence electrons. The fraction of sp³-hybridized carbons (Fsp3) is 0.571. The third-order valence-electron chi connectivity index (χ3n) is 4.83. The Labute approximate surface area is 214 Å². The predicted molar refractivity (Wildman–Crippen MR) is 136 cm³/mol. The Morgan fingerprint density at radius 2 is 1.25 bits per heavy atom. The number of aliphatic imine (C=N–C) groups is 1. The molecule has 0 spiro atoms. The van der Waals surface area contributed by atoms with Crippen molar-refractivity contribution in [2.75, 3.05) is 0 Å². The van der Waals surface area contributed by atoms with Crippen LogP contribution in [0.25, 0.3) is 0 Å². The summed E-state index contributed by atoms with van der Waals surface area (Å²) in [5, 5.41) is 0. The molecule has 0 aliphatic carbocycles. The van der Waals surface area contributed by atoms with E-state index in [0.717, 1.165) is 0 Å². The molecule has 0 bridgehead atoms. The molecule has 0 aromatic heterocycles. The predicted octanol–water partition coefficient (Wildman–Crippen LogP) is 5.26. The van der Waals surface area contributed by atoms with Gasteiger partial charge < -0.3 is 18.9 Å². The van der Waals surface area contributed by atoms with E-state index >= 15 is 0 Å². The van der Waals surface area contributed by atoms with Gasteiger partial charge in [0.2, 0.25) is 11.4 Å². The van der Waals surface area contributed by atoms with Crippen LogP contribution in [0.1, 0.15) is 87.6 Å². The molecule has 2 rings (SSSR count). The maximum atomic E-state index is 13.3. The van der Waals surface area contributed by atoms with E-state index in [1.165, 1.54) is 0 Å². The highest BCUT2D eigenvalue weighted by Crippen LogP contribution is 2.48. The van der Waals surface area contributed by atoms with Crippen LogP contribution in [-0.4, -0.2) is 46.1 Å². The van der Waals surface area contributed by atoms with Gasteiger partial charge in [0.05, 0.1) is 11.5 Å². The van der Waals surface area contributed by atoms with Crippen molar-refractivity contribution in [3.63, 3.8) is 0 Å². The van der Waals surface area contributed by atoms with Gasteiger partial charge in [0.1, 0.15) is 22.6 Å². The van der Waals surface area contributed by atoms with E-state index in [0.29, 0.717) is 5.56 Å². The van der Waals surface area contributed by atoms with Gasteiger partial charge in [0, 0.05) is 0 Å². The third kappa shape index (κ3) is 7.67. The Bertz CT molecular complexity index is 1040. The first kappa shape index (κ1) is 29.1. The smallest absolute Gasteiger partial charge is 0.364 e. The molecule has 0 saturated carbocycles. The summed E-state index contributed by atoms with van der Waals surface area (Å²) in [7, 11) is 0. The molecule has 2 atom stereocenters. The number of allylic oxidation sites excluding steroid dienone is 1. The van der Waals surface area contributed by atoms with Crippen molar-refractivity contribution in [2.24, 2.45) is 4.99 Å². The summed E-state index contributed by atoms with van der Waals surface area (Å²) in [4.78, 5) is 44.0. The van der Waals surface area contributed by atoms with Crippen LogP contribution in [0.4, 0.5) is 0 Å². The first-order chi connectivity index (χ1) is 16.2. The van der Waals surface area contributed by atoms with Gasteiger partial charge in [-0.2, -0.15) is 0 Å². The average molecular weight is 502 g/mol. The van der Waals surface area contributed by atoms with Crippen LogP contribution in [0.2, 0.25) is 0 Å². The highest BCUT2D eigenvalue weighted by atomic mass is 16.6. The van der Waals surface area contributed by atoms with Gasteiger partial charge in [-0.05, 0) is 81.7 Å². The van der Waals surface area contributed by atoms with Crippen molar-refractivity contribution >= 4 is 23.6 Å². The molecule has 1 heterocycles. The molecule has 0 radical (unpaired) electrons. The second-order valence-electron chi connectivity index (χ2n) is 11.9. The fourth-order valence-electron chi connectivity index (χ4n) is 3.75. The van der Waals surface area contributed by atoms with Crippen molar-refractivity contribution < 1.29 is 33.3 Å². The molecule has 1 aliphatic rings. The number of benzene rings is 1. The maximum Gasteiger partial charge on any atom is 0.364 e. The molecule has 1 aliphatic heterocycles. The molecule has 0 fully saturated rings. The Morgan fingerprint density at radius 1 is 0.806 bits per heavy atom. The SMILES string of the molecule is CC1=C(C(=O)OC(C)(C)C)[C@H](c2ccccc2)[C@@](C)(N=C(C(=O)OC(C)(C)C)C(=O)OC(C)(C)C)O1. The summed E-state index contributed by atoms with van der Waals surface area (Å²) in [5.74, 6) is -2.94. The number of carbonyl (C=O) groups excluding carboxylic acids is 3. The van der Waals surface area contributed by atoms with Crippen molar-refractivity contribution in [1.82, 2.24) is 0 Å². The quantitative estimate of drug-likeness (QED) is 0.235. The van der Waals surface area contributed by atoms with Crippen molar-refractivity contribution in [1.29, 1.82) is 0 Å². The number of carbonyl (C=O) groups is 3. The Hall–Kier alpha value is -3.16. The minimum atomic E-state index is -1.54. The number of ether oxygens (including phenoxy) is 4. The molecule has 1 aromatic rings. The van der Waals surface area contributed by atoms with E-state index in [4.69, 9.17) is 18.9 Å². The highest BCUT2D eigenvalue weighted by Gasteiger charge is 2.51. The van der Waals surface area contributed by atoms with E-state index in [1.807, 2.05) is 30.3 Å². The van der Waals surface area contributed by atoms with Crippen molar-refractivity contribution in [3.05, 3.63) is 47.2 Å². The summed E-state index contributed by atoms with van der Waals surface area (Å²) in [6.45, 7) is 18.7. The molecule has 0 N–H and O–H groups in total. The van der Waals surface area contributed by atoms with Crippen LogP contribution < -0.4 is 0 Å². The molecular formula is C28H39NO7. The summed E-state index contributed by atoms with van der Waals surface area (Å²) in [6.07, 6.45) is 0. The minimum absolute atomic E-state index is 0.259. The number of hydrogen-bond acceptors (Lipinski definition) is 8. The normalized spacial score (nSPS) is 20.4. The van der Waals surface area contributed by atoms with Crippen LogP contribution in [0.15, 0.2) is 46.7 Å². The lowest BCUT2D eigenvalue weighted by Gasteiger charge is -2.30. The molecular weight excluding hydrogens is 462 g/mol. The van der Waals surface area contributed by atoms with Gasteiger partial charge in [-0.3, -0.25) is 0 Å². The first-order valence-electron chi connectivity index (χ1n) is 12.0. The Balaban J connectivity index is 2.69. The monoisotopic (exact) mass is 501 g/mol. The lowest BCUT2D eigenvalue weighted by atomic mass is 9.84. The van der Waals surface area contributed by atoms with Gasteiger partial charge >= 0.3 is 17.9 Å². The average Bonchev–Trinajstić information content (AvgIpc) is 2.93. The Morgan fingerprint density at radius 3 is 1.67 bits per heavy atom. The Kier molecular flexibility index (Phi) is 8.13. The highest BCUT2D eigenvalue weighted by molar-refractivity contribution is 6.62. The first-order valence-corrected chi connectivity index (χ1v) is 12.0. The van der Waals surface area contributed by atoms with E-state index in [1.54, 1.807) is 76.2 Å². The van der Waals surface area contributed by atoms with Gasteiger partial charge in [0.25, 0.3) is 0 Å². The van der Waals surface area contributed by atoms with Gasteiger partial charge in [-0.15, -0.1) is 0 Å². The zero-order valence-corrected chi connectivity index (χ0v) is 23.3. The molecule has 36 heavy (non-hydrogen) atoms. The summed E-state index contributed by atoms with van der Waals surface area (Å²) >= 11 is 0. The number of rotatable bonds is 5. The zero-order chi connectivity index (χ0) is 27.7. The van der Waals surface area contributed by atoms with Crippen LogP contribution in [0.3, 0.4) is 0 Å². The fourth-order valence-corrected chi connectivity index (χ4v) is 3.75. The lowest BCUT2D eigenvalue weighted by molar-refractivity contribution is -0.152. The molecule has 1 aromatic carbocycles. The molecule has 8 heteroatoms. The van der Waals surface area contributed by atoms with Gasteiger partial charge in [-0.25, -0.2) is 19.4 Å². The lowest BCUT2D eigenvalue weighted by Crippen LogP contribution is -2.41. The van der Waals surface area contributed by atoms with Gasteiger partial charge in [-0.1, -0.05) is 30.3 Å². The van der Waals surface area contributed by atoms with Crippen LogP contribution >= 0.6 is 0 Å². The van der Waals surface area contributed by atoms with Crippen LogP contribution in [-0.2, 0) is 33.3 Å². The van der Waals surface area contributed by atoms with E-state index in [-0.39, 0.29) is 11.3 Å². The maximum absolute atomic E-state index is 13.3. The van der Waals surface area contributed by atoms with E-state index in [2.05, 4.69) is 4.99 Å². The van der Waals surface area contributed by atoms with Crippen molar-refractivity contribution in [3.8, 4) is 0 Å². The molecule has 0 saturated heterocycles. The van der Waals surface area contributed by atoms with E-state index in [9.17, 15) is 14.4 Å². The van der Waals surface area contributed by atoms with E-state index < -0.39 is 52.1 Å². The minimum Gasteiger partial charge on any atom is -0.470 e. The zero-order valence-electron chi connectivity index (χ0n) is 23.3. The second-order valence-corrected chi connectivity index (χ2v) is 11.9. The van der Waals surface area contributed by atoms with Gasteiger partial charge in [0.15, 0.2) is 0 Å². The topological polar surface area (TPSA) is 100 Å². The molecule has 0 amide bonds. The summed E-state index contributed by atoms with van der Waals surface area (Å²) < 4.78 is 22.7. The summed E-state index contributed by atoms with van der Waals surface area (Å²) in [5.41, 5.74) is -3.64. The molecule has 8 nitrogen and oxygen atoms in total. The second kappa shape index (κ2) is 10.1. The number of esters is 3. The van der Waals surface area contributed by atoms with Crippen LogP contribution in [0, 0.1) is 0 Å². The standard InChI is InChI=1S/C28H39NO7/c1-17-19(22(30)34-25(2,3)4)20(18-15-13-12-14-16-18)28(11,33-17)29-21(23(31)35-26(5,6)7)24(32)36-27(8,9)10/h12-16,20H,1-11H3/t20-,28-/m0/s1. The van der Waals surface area contributed by atoms with Crippen LogP contribution in [0.5, 0.6) is 0 Å². The summed E-state index contributed by atoms with van der Waals surface area (Å²) in [6, 6.07) is 9.14. The largest absolute Gasteiger partial charge is 0.470 e. The molecule has 0 unspecified atom stereocenters. The van der Waals surface area contributed by atoms with Crippen molar-refractivity contribution in [2.45, 2.75) is 105 Å².